The summed E-state index contributed by atoms with van der Waals surface area (Å²) in [6, 6.07) is 0.307. The summed E-state index contributed by atoms with van der Waals surface area (Å²) in [5.41, 5.74) is 5.64. The Hall–Kier alpha value is -0.770. The van der Waals surface area contributed by atoms with Gasteiger partial charge < -0.3 is 15.4 Å². The zero-order valence-electron chi connectivity index (χ0n) is 9.04. The van der Waals surface area contributed by atoms with Gasteiger partial charge in [0.1, 0.15) is 5.60 Å². The predicted octanol–water partition coefficient (Wildman–Crippen LogP) is 0.955. The van der Waals surface area contributed by atoms with Gasteiger partial charge in [0.15, 0.2) is 0 Å². The van der Waals surface area contributed by atoms with Crippen molar-refractivity contribution in [1.82, 2.24) is 4.90 Å². The minimum Gasteiger partial charge on any atom is -0.444 e. The molecule has 0 radical (unpaired) electrons. The van der Waals surface area contributed by atoms with Crippen molar-refractivity contribution in [3.8, 4) is 0 Å². The van der Waals surface area contributed by atoms with E-state index in [1.807, 2.05) is 20.8 Å². The molecule has 1 unspecified atom stereocenters. The molecule has 80 valence electrons. The monoisotopic (exact) mass is 198 g/mol. The van der Waals surface area contributed by atoms with Crippen LogP contribution in [0.3, 0.4) is 0 Å². The van der Waals surface area contributed by atoms with Gasteiger partial charge in [-0.05, 0) is 27.2 Å². The van der Waals surface area contributed by atoms with E-state index in [0.717, 1.165) is 19.5 Å². The van der Waals surface area contributed by atoms with Gasteiger partial charge in [-0.15, -0.1) is 0 Å². The second kappa shape index (κ2) is 2.63. The number of hydrogen-bond donors (Lipinski definition) is 1. The number of likely N-dealkylation sites (tertiary alicyclic amines) is 1. The van der Waals surface area contributed by atoms with Crippen molar-refractivity contribution in [2.45, 2.75) is 38.8 Å². The fraction of sp³-hybridized carbons (Fsp3) is 0.900. The summed E-state index contributed by atoms with van der Waals surface area (Å²) in [6.07, 6.45) is 0.856. The number of nitrogens with two attached hydrogens (primary N) is 1. The van der Waals surface area contributed by atoms with Crippen LogP contribution < -0.4 is 5.73 Å². The highest BCUT2D eigenvalue weighted by atomic mass is 16.6. The van der Waals surface area contributed by atoms with Crippen LogP contribution in [0.4, 0.5) is 4.79 Å². The zero-order chi connectivity index (χ0) is 10.6. The Morgan fingerprint density at radius 2 is 2.00 bits per heavy atom. The topological polar surface area (TPSA) is 55.6 Å². The third kappa shape index (κ3) is 1.59. The van der Waals surface area contributed by atoms with E-state index in [1.54, 1.807) is 4.90 Å². The lowest BCUT2D eigenvalue weighted by Gasteiger charge is -2.40. The van der Waals surface area contributed by atoms with Gasteiger partial charge in [0, 0.05) is 24.5 Å². The molecule has 0 aromatic carbocycles. The molecule has 1 saturated heterocycles. The smallest absolute Gasteiger partial charge is 0.410 e. The molecule has 1 saturated carbocycles. The number of nitrogens with zero attached hydrogens (tertiary/aromatic N) is 1. The van der Waals surface area contributed by atoms with Gasteiger partial charge in [0.25, 0.3) is 0 Å². The van der Waals surface area contributed by atoms with Crippen molar-refractivity contribution < 1.29 is 9.53 Å². The Labute approximate surface area is 84.4 Å². The predicted molar refractivity (Wildman–Crippen MR) is 52.8 cm³/mol. The van der Waals surface area contributed by atoms with Gasteiger partial charge in [-0.2, -0.15) is 0 Å². The summed E-state index contributed by atoms with van der Waals surface area (Å²) >= 11 is 0. The van der Waals surface area contributed by atoms with Crippen LogP contribution in [0.25, 0.3) is 0 Å². The van der Waals surface area contributed by atoms with Gasteiger partial charge >= 0.3 is 6.09 Å². The summed E-state index contributed by atoms with van der Waals surface area (Å²) in [5.74, 6) is 0. The fourth-order valence-corrected chi connectivity index (χ4v) is 1.91. The van der Waals surface area contributed by atoms with Crippen LogP contribution in [-0.2, 0) is 4.74 Å². The molecule has 1 spiro atoms. The van der Waals surface area contributed by atoms with Gasteiger partial charge in [0.05, 0.1) is 0 Å². The maximum atomic E-state index is 11.5. The molecule has 2 rings (SSSR count). The molecule has 1 heterocycles. The zero-order valence-corrected chi connectivity index (χ0v) is 9.04. The van der Waals surface area contributed by atoms with Gasteiger partial charge in [-0.1, -0.05) is 0 Å². The minimum atomic E-state index is -0.397. The third-order valence-corrected chi connectivity index (χ3v) is 2.92. The summed E-state index contributed by atoms with van der Waals surface area (Å²) in [5, 5.41) is 0. The van der Waals surface area contributed by atoms with E-state index >= 15 is 0 Å². The average molecular weight is 198 g/mol. The second-order valence-electron chi connectivity index (χ2n) is 5.51. The number of ether oxygens (including phenoxy) is 1. The molecule has 1 amide bonds. The molecule has 4 nitrogen and oxygen atoms in total. The van der Waals surface area contributed by atoms with E-state index in [1.165, 1.54) is 0 Å². The van der Waals surface area contributed by atoms with Crippen molar-refractivity contribution in [1.29, 1.82) is 0 Å². The van der Waals surface area contributed by atoms with Crippen LogP contribution in [0, 0.1) is 5.41 Å². The Kier molecular flexibility index (Phi) is 1.83. The van der Waals surface area contributed by atoms with E-state index in [-0.39, 0.29) is 11.5 Å². The maximum Gasteiger partial charge on any atom is 0.410 e. The van der Waals surface area contributed by atoms with Crippen LogP contribution in [0.2, 0.25) is 0 Å². The highest BCUT2D eigenvalue weighted by molar-refractivity contribution is 5.70. The Balaban J connectivity index is 1.80. The molecular weight excluding hydrogens is 180 g/mol. The number of amides is 1. The SMILES string of the molecule is CC(C)(C)OC(=O)N1CC2(CC2N)C1. The van der Waals surface area contributed by atoms with E-state index in [9.17, 15) is 4.79 Å². The van der Waals surface area contributed by atoms with Crippen LogP contribution in [0.15, 0.2) is 0 Å². The molecule has 0 aromatic heterocycles. The lowest BCUT2D eigenvalue weighted by Crippen LogP contribution is -2.55. The average Bonchev–Trinajstić information content (AvgIpc) is 2.53. The van der Waals surface area contributed by atoms with Crippen LogP contribution in [0.1, 0.15) is 27.2 Å². The summed E-state index contributed by atoms with van der Waals surface area (Å²) in [7, 11) is 0. The summed E-state index contributed by atoms with van der Waals surface area (Å²) < 4.78 is 5.24. The largest absolute Gasteiger partial charge is 0.444 e. The molecule has 1 aliphatic carbocycles. The van der Waals surface area contributed by atoms with E-state index in [2.05, 4.69) is 0 Å². The second-order valence-corrected chi connectivity index (χ2v) is 5.51. The van der Waals surface area contributed by atoms with E-state index < -0.39 is 5.60 Å². The number of carbonyl (C=O) groups is 1. The number of carbonyl (C=O) groups excluding carboxylic acids is 1. The maximum absolute atomic E-state index is 11.5. The van der Waals surface area contributed by atoms with Gasteiger partial charge in [-0.25, -0.2) is 4.79 Å². The molecule has 1 aliphatic heterocycles. The molecule has 4 heteroatoms. The number of rotatable bonds is 0. The molecule has 0 aromatic rings. The highest BCUT2D eigenvalue weighted by Crippen LogP contribution is 2.51. The first-order valence-electron chi connectivity index (χ1n) is 5.06. The molecule has 2 aliphatic rings. The van der Waals surface area contributed by atoms with Crippen LogP contribution >= 0.6 is 0 Å². The van der Waals surface area contributed by atoms with Crippen LogP contribution in [0.5, 0.6) is 0 Å². The van der Waals surface area contributed by atoms with Crippen molar-refractivity contribution in [3.05, 3.63) is 0 Å². The normalized spacial score (nSPS) is 28.6. The lowest BCUT2D eigenvalue weighted by molar-refractivity contribution is -0.00701. The third-order valence-electron chi connectivity index (χ3n) is 2.92. The van der Waals surface area contributed by atoms with Crippen LogP contribution in [-0.4, -0.2) is 35.7 Å². The Bertz CT molecular complexity index is 264. The first-order chi connectivity index (χ1) is 6.32. The van der Waals surface area contributed by atoms with E-state index in [0.29, 0.717) is 6.04 Å². The Morgan fingerprint density at radius 3 is 2.36 bits per heavy atom. The lowest BCUT2D eigenvalue weighted by atomic mass is 9.96. The molecule has 2 N–H and O–H groups in total. The molecule has 14 heavy (non-hydrogen) atoms. The van der Waals surface area contributed by atoms with Crippen molar-refractivity contribution in [2.75, 3.05) is 13.1 Å². The number of hydrogen-bond acceptors (Lipinski definition) is 3. The van der Waals surface area contributed by atoms with Crippen molar-refractivity contribution in [2.24, 2.45) is 11.1 Å². The Morgan fingerprint density at radius 1 is 1.50 bits per heavy atom. The van der Waals surface area contributed by atoms with Crippen molar-refractivity contribution in [3.63, 3.8) is 0 Å². The fourth-order valence-electron chi connectivity index (χ4n) is 1.91. The minimum absolute atomic E-state index is 0.206. The van der Waals surface area contributed by atoms with Gasteiger partial charge in [0.2, 0.25) is 0 Å². The molecule has 1 atom stereocenters. The summed E-state index contributed by atoms with van der Waals surface area (Å²) in [6.45, 7) is 7.20. The molecule has 2 fully saturated rings. The first-order valence-corrected chi connectivity index (χ1v) is 5.06. The highest BCUT2D eigenvalue weighted by Gasteiger charge is 2.61. The van der Waals surface area contributed by atoms with Gasteiger partial charge in [-0.3, -0.25) is 0 Å². The standard InChI is InChI=1S/C10H18N2O2/c1-9(2,3)14-8(13)12-5-10(6-12)4-7(10)11/h7H,4-6,11H2,1-3H3. The first kappa shape index (κ1) is 9.77. The quantitative estimate of drug-likeness (QED) is 0.630. The molecular formula is C10H18N2O2. The van der Waals surface area contributed by atoms with Crippen molar-refractivity contribution >= 4 is 6.09 Å². The van der Waals surface area contributed by atoms with E-state index in [4.69, 9.17) is 10.5 Å². The molecule has 0 bridgehead atoms. The summed E-state index contributed by atoms with van der Waals surface area (Å²) in [4.78, 5) is 13.3.